The van der Waals surface area contributed by atoms with Gasteiger partial charge in [0, 0.05) is 12.5 Å². The summed E-state index contributed by atoms with van der Waals surface area (Å²) in [6, 6.07) is -0.472. The van der Waals surface area contributed by atoms with Crippen LogP contribution in [0.25, 0.3) is 0 Å². The molecule has 1 aliphatic rings. The minimum absolute atomic E-state index is 0.0256. The van der Waals surface area contributed by atoms with E-state index in [1.165, 1.54) is 12.0 Å². The maximum Gasteiger partial charge on any atom is 0.329 e. The Hall–Kier alpha value is -1.32. The fourth-order valence-electron chi connectivity index (χ4n) is 1.64. The number of hydrogen-bond acceptors (Lipinski definition) is 3. The minimum Gasteiger partial charge on any atom is -0.467 e. The Morgan fingerprint density at radius 3 is 2.85 bits per heavy atom. The maximum absolute atomic E-state index is 11.3. The molecule has 0 bridgehead atoms. The van der Waals surface area contributed by atoms with Gasteiger partial charge in [0.15, 0.2) is 0 Å². The summed E-state index contributed by atoms with van der Waals surface area (Å²) in [6.45, 7) is 4.23. The minimum atomic E-state index is -0.472. The molecule has 4 nitrogen and oxygen atoms in total. The van der Waals surface area contributed by atoms with Crippen molar-refractivity contribution in [3.8, 4) is 0 Å². The zero-order valence-corrected chi connectivity index (χ0v) is 7.60. The standard InChI is InChI=1S/C9H13NO3/c1-3-7-4-5-10(6-11)8(7)9(12)13-2/h3,6-8H,1,4-5H2,2H3. The van der Waals surface area contributed by atoms with Crippen molar-refractivity contribution in [2.45, 2.75) is 12.5 Å². The zero-order chi connectivity index (χ0) is 9.84. The second-order valence-corrected chi connectivity index (χ2v) is 3.00. The molecule has 0 aliphatic carbocycles. The number of amides is 1. The molecule has 0 aromatic rings. The van der Waals surface area contributed by atoms with E-state index in [-0.39, 0.29) is 11.9 Å². The lowest BCUT2D eigenvalue weighted by Gasteiger charge is -2.20. The van der Waals surface area contributed by atoms with Crippen LogP contribution < -0.4 is 0 Å². The van der Waals surface area contributed by atoms with Crippen molar-refractivity contribution in [3.63, 3.8) is 0 Å². The SMILES string of the molecule is C=CC1CCN(C=O)C1C(=O)OC. The van der Waals surface area contributed by atoms with Crippen LogP contribution in [0.5, 0.6) is 0 Å². The first-order valence-electron chi connectivity index (χ1n) is 4.16. The summed E-state index contributed by atoms with van der Waals surface area (Å²) in [5.74, 6) is -0.341. The average Bonchev–Trinajstić information content (AvgIpc) is 2.59. The monoisotopic (exact) mass is 183 g/mol. The van der Waals surface area contributed by atoms with Crippen molar-refractivity contribution in [2.24, 2.45) is 5.92 Å². The predicted molar refractivity (Wildman–Crippen MR) is 46.9 cm³/mol. The van der Waals surface area contributed by atoms with E-state index in [2.05, 4.69) is 11.3 Å². The van der Waals surface area contributed by atoms with Gasteiger partial charge >= 0.3 is 5.97 Å². The first-order chi connectivity index (χ1) is 6.24. The molecular weight excluding hydrogens is 170 g/mol. The Morgan fingerprint density at radius 2 is 2.38 bits per heavy atom. The van der Waals surface area contributed by atoms with Crippen LogP contribution in [0.15, 0.2) is 12.7 Å². The summed E-state index contributed by atoms with van der Waals surface area (Å²) in [4.78, 5) is 23.3. The Bertz CT molecular complexity index is 211. The molecule has 1 amide bonds. The third-order valence-electron chi connectivity index (χ3n) is 2.36. The van der Waals surface area contributed by atoms with Gasteiger partial charge in [0.05, 0.1) is 7.11 Å². The van der Waals surface area contributed by atoms with Crippen LogP contribution in [-0.4, -0.2) is 37.0 Å². The number of carbonyl (C=O) groups is 2. The number of methoxy groups -OCH3 is 1. The Labute approximate surface area is 77.2 Å². The molecule has 0 aromatic heterocycles. The van der Waals surface area contributed by atoms with Gasteiger partial charge in [0.25, 0.3) is 0 Å². The molecule has 4 heteroatoms. The highest BCUT2D eigenvalue weighted by Crippen LogP contribution is 2.24. The highest BCUT2D eigenvalue weighted by molar-refractivity contribution is 5.79. The second-order valence-electron chi connectivity index (χ2n) is 3.00. The van der Waals surface area contributed by atoms with E-state index < -0.39 is 6.04 Å². The zero-order valence-electron chi connectivity index (χ0n) is 7.60. The molecule has 0 radical (unpaired) electrons. The molecule has 0 saturated carbocycles. The highest BCUT2D eigenvalue weighted by Gasteiger charge is 2.37. The molecule has 2 atom stereocenters. The van der Waals surface area contributed by atoms with Crippen LogP contribution in [0.3, 0.4) is 0 Å². The largest absolute Gasteiger partial charge is 0.467 e. The molecular formula is C9H13NO3. The lowest BCUT2D eigenvalue weighted by Crippen LogP contribution is -2.39. The van der Waals surface area contributed by atoms with Crippen LogP contribution in [0.1, 0.15) is 6.42 Å². The summed E-state index contributed by atoms with van der Waals surface area (Å²) in [5.41, 5.74) is 0. The van der Waals surface area contributed by atoms with Crippen LogP contribution in [0, 0.1) is 5.92 Å². The van der Waals surface area contributed by atoms with Crippen LogP contribution in [-0.2, 0) is 14.3 Å². The Kier molecular flexibility index (Phi) is 3.06. The van der Waals surface area contributed by atoms with E-state index in [0.717, 1.165) is 6.42 Å². The van der Waals surface area contributed by atoms with E-state index >= 15 is 0 Å². The van der Waals surface area contributed by atoms with Crippen molar-refractivity contribution < 1.29 is 14.3 Å². The van der Waals surface area contributed by atoms with Gasteiger partial charge in [-0.2, -0.15) is 0 Å². The fraction of sp³-hybridized carbons (Fsp3) is 0.556. The van der Waals surface area contributed by atoms with Gasteiger partial charge in [-0.1, -0.05) is 6.08 Å². The van der Waals surface area contributed by atoms with Crippen molar-refractivity contribution in [1.29, 1.82) is 0 Å². The molecule has 1 rings (SSSR count). The number of nitrogens with zero attached hydrogens (tertiary/aromatic N) is 1. The number of esters is 1. The lowest BCUT2D eigenvalue weighted by atomic mass is 10.0. The molecule has 0 spiro atoms. The van der Waals surface area contributed by atoms with Crippen molar-refractivity contribution in [1.82, 2.24) is 4.90 Å². The van der Waals surface area contributed by atoms with Crippen molar-refractivity contribution in [2.75, 3.05) is 13.7 Å². The molecule has 72 valence electrons. The molecule has 1 aliphatic heterocycles. The normalized spacial score (nSPS) is 27.0. The molecule has 13 heavy (non-hydrogen) atoms. The van der Waals surface area contributed by atoms with E-state index in [1.54, 1.807) is 6.08 Å². The summed E-state index contributed by atoms with van der Waals surface area (Å²) in [6.07, 6.45) is 3.16. The average molecular weight is 183 g/mol. The summed E-state index contributed by atoms with van der Waals surface area (Å²) in [5, 5.41) is 0. The third-order valence-corrected chi connectivity index (χ3v) is 2.36. The van der Waals surface area contributed by atoms with Crippen LogP contribution in [0.2, 0.25) is 0 Å². The van der Waals surface area contributed by atoms with Gasteiger partial charge in [-0.05, 0) is 6.42 Å². The molecule has 0 aromatic carbocycles. The number of hydrogen-bond donors (Lipinski definition) is 0. The van der Waals surface area contributed by atoms with Crippen LogP contribution in [0.4, 0.5) is 0 Å². The Balaban J connectivity index is 2.78. The number of carbonyl (C=O) groups excluding carboxylic acids is 2. The topological polar surface area (TPSA) is 46.6 Å². The second kappa shape index (κ2) is 4.07. The summed E-state index contributed by atoms with van der Waals surface area (Å²) < 4.78 is 4.61. The summed E-state index contributed by atoms with van der Waals surface area (Å²) >= 11 is 0. The van der Waals surface area contributed by atoms with E-state index in [4.69, 9.17) is 0 Å². The number of ether oxygens (including phenoxy) is 1. The van der Waals surface area contributed by atoms with Gasteiger partial charge in [-0.25, -0.2) is 4.79 Å². The quantitative estimate of drug-likeness (QED) is 0.356. The van der Waals surface area contributed by atoms with Crippen molar-refractivity contribution in [3.05, 3.63) is 12.7 Å². The third kappa shape index (κ3) is 1.71. The first kappa shape index (κ1) is 9.77. The predicted octanol–water partition coefficient (Wildman–Crippen LogP) is 0.192. The first-order valence-corrected chi connectivity index (χ1v) is 4.16. The summed E-state index contributed by atoms with van der Waals surface area (Å²) in [7, 11) is 1.32. The maximum atomic E-state index is 11.3. The molecule has 0 N–H and O–H groups in total. The highest BCUT2D eigenvalue weighted by atomic mass is 16.5. The molecule has 1 heterocycles. The van der Waals surface area contributed by atoms with E-state index in [0.29, 0.717) is 13.0 Å². The van der Waals surface area contributed by atoms with E-state index in [9.17, 15) is 9.59 Å². The van der Waals surface area contributed by atoms with Gasteiger partial charge in [-0.3, -0.25) is 4.79 Å². The fourth-order valence-corrected chi connectivity index (χ4v) is 1.64. The van der Waals surface area contributed by atoms with Gasteiger partial charge in [0.1, 0.15) is 6.04 Å². The van der Waals surface area contributed by atoms with Gasteiger partial charge in [0.2, 0.25) is 6.41 Å². The van der Waals surface area contributed by atoms with Gasteiger partial charge < -0.3 is 9.64 Å². The smallest absolute Gasteiger partial charge is 0.329 e. The Morgan fingerprint density at radius 1 is 1.69 bits per heavy atom. The number of likely N-dealkylation sites (tertiary alicyclic amines) is 1. The molecule has 1 saturated heterocycles. The molecule has 2 unspecified atom stereocenters. The van der Waals surface area contributed by atoms with Crippen molar-refractivity contribution >= 4 is 12.4 Å². The van der Waals surface area contributed by atoms with E-state index in [1.807, 2.05) is 0 Å². The molecule has 1 fully saturated rings. The van der Waals surface area contributed by atoms with Crippen LogP contribution >= 0.6 is 0 Å². The lowest BCUT2D eigenvalue weighted by molar-refractivity contribution is -0.148. The number of rotatable bonds is 3. The van der Waals surface area contributed by atoms with Gasteiger partial charge in [-0.15, -0.1) is 6.58 Å².